The number of nitrogens with zero attached hydrogens (tertiary/aromatic N) is 1. The first-order valence-electron chi connectivity index (χ1n) is 6.92. The number of nitro benzene ring substituents is 1. The average molecular weight is 334 g/mol. The molecule has 0 aliphatic heterocycles. The van der Waals surface area contributed by atoms with Gasteiger partial charge in [-0.3, -0.25) is 14.9 Å². The van der Waals surface area contributed by atoms with E-state index in [1.807, 2.05) is 19.1 Å². The molecular formula is C16H16ClN3O3. The van der Waals surface area contributed by atoms with Crippen LogP contribution in [0, 0.1) is 24.0 Å². The van der Waals surface area contributed by atoms with Gasteiger partial charge in [-0.05, 0) is 49.2 Å². The van der Waals surface area contributed by atoms with Crippen LogP contribution < -0.4 is 10.6 Å². The molecule has 2 rings (SSSR count). The molecule has 0 unspecified atom stereocenters. The Bertz CT molecular complexity index is 762. The summed E-state index contributed by atoms with van der Waals surface area (Å²) in [6.07, 6.45) is 0. The van der Waals surface area contributed by atoms with Crippen molar-refractivity contribution in [3.63, 3.8) is 0 Å². The molecule has 0 spiro atoms. The second-order valence-electron chi connectivity index (χ2n) is 5.12. The van der Waals surface area contributed by atoms with E-state index < -0.39 is 4.92 Å². The fourth-order valence-corrected chi connectivity index (χ4v) is 2.32. The van der Waals surface area contributed by atoms with Gasteiger partial charge in [0.05, 0.1) is 11.5 Å². The summed E-state index contributed by atoms with van der Waals surface area (Å²) in [5.74, 6) is -0.240. The van der Waals surface area contributed by atoms with Crippen molar-refractivity contribution in [3.8, 4) is 0 Å². The Kier molecular flexibility index (Phi) is 5.18. The van der Waals surface area contributed by atoms with Crippen molar-refractivity contribution in [1.29, 1.82) is 0 Å². The highest BCUT2D eigenvalue weighted by atomic mass is 35.5. The van der Waals surface area contributed by atoms with Crippen LogP contribution in [0.4, 0.5) is 17.1 Å². The smallest absolute Gasteiger partial charge is 0.269 e. The van der Waals surface area contributed by atoms with E-state index in [-0.39, 0.29) is 18.1 Å². The first-order valence-corrected chi connectivity index (χ1v) is 7.29. The van der Waals surface area contributed by atoms with Crippen LogP contribution in [0.1, 0.15) is 11.1 Å². The molecule has 0 aliphatic carbocycles. The topological polar surface area (TPSA) is 84.3 Å². The van der Waals surface area contributed by atoms with Crippen molar-refractivity contribution in [2.75, 3.05) is 17.2 Å². The molecule has 2 N–H and O–H groups in total. The van der Waals surface area contributed by atoms with E-state index in [0.717, 1.165) is 11.3 Å². The highest BCUT2D eigenvalue weighted by molar-refractivity contribution is 6.30. The predicted molar refractivity (Wildman–Crippen MR) is 91.1 cm³/mol. The zero-order chi connectivity index (χ0) is 17.0. The Morgan fingerprint density at radius 2 is 1.78 bits per heavy atom. The van der Waals surface area contributed by atoms with Crippen LogP contribution in [-0.2, 0) is 4.79 Å². The molecule has 2 aromatic rings. The van der Waals surface area contributed by atoms with Gasteiger partial charge in [0.1, 0.15) is 0 Å². The molecule has 0 radical (unpaired) electrons. The van der Waals surface area contributed by atoms with E-state index >= 15 is 0 Å². The minimum atomic E-state index is -0.469. The normalized spacial score (nSPS) is 10.2. The van der Waals surface area contributed by atoms with Crippen LogP contribution >= 0.6 is 11.6 Å². The molecular weight excluding hydrogens is 318 g/mol. The number of rotatable bonds is 5. The Hall–Kier alpha value is -2.60. The van der Waals surface area contributed by atoms with E-state index in [4.69, 9.17) is 11.6 Å². The maximum Gasteiger partial charge on any atom is 0.269 e. The minimum absolute atomic E-state index is 0.00425. The van der Waals surface area contributed by atoms with Crippen LogP contribution in [0.2, 0.25) is 5.02 Å². The molecule has 0 bridgehead atoms. The van der Waals surface area contributed by atoms with Gasteiger partial charge in [0.15, 0.2) is 0 Å². The molecule has 0 saturated heterocycles. The lowest BCUT2D eigenvalue weighted by Crippen LogP contribution is -2.22. The van der Waals surface area contributed by atoms with Crippen molar-refractivity contribution in [1.82, 2.24) is 0 Å². The first kappa shape index (κ1) is 16.8. The van der Waals surface area contributed by atoms with Gasteiger partial charge in [-0.1, -0.05) is 11.6 Å². The number of amides is 1. The number of hydrogen-bond donors (Lipinski definition) is 2. The highest BCUT2D eigenvalue weighted by Crippen LogP contribution is 2.22. The zero-order valence-electron chi connectivity index (χ0n) is 12.7. The van der Waals surface area contributed by atoms with E-state index in [1.165, 1.54) is 18.2 Å². The summed E-state index contributed by atoms with van der Waals surface area (Å²) in [4.78, 5) is 22.2. The van der Waals surface area contributed by atoms with Gasteiger partial charge < -0.3 is 10.6 Å². The van der Waals surface area contributed by atoms with Crippen molar-refractivity contribution in [2.24, 2.45) is 0 Å². The van der Waals surface area contributed by atoms with Crippen LogP contribution in [0.3, 0.4) is 0 Å². The largest absolute Gasteiger partial charge is 0.376 e. The van der Waals surface area contributed by atoms with Gasteiger partial charge in [0, 0.05) is 28.5 Å². The van der Waals surface area contributed by atoms with Crippen LogP contribution in [-0.4, -0.2) is 17.4 Å². The van der Waals surface area contributed by atoms with Crippen molar-refractivity contribution < 1.29 is 9.72 Å². The zero-order valence-corrected chi connectivity index (χ0v) is 13.5. The number of benzene rings is 2. The van der Waals surface area contributed by atoms with Gasteiger partial charge in [-0.25, -0.2) is 0 Å². The van der Waals surface area contributed by atoms with E-state index in [1.54, 1.807) is 13.0 Å². The summed E-state index contributed by atoms with van der Waals surface area (Å²) < 4.78 is 0. The third-order valence-corrected chi connectivity index (χ3v) is 3.56. The molecule has 1 amide bonds. The van der Waals surface area contributed by atoms with Crippen LogP contribution in [0.25, 0.3) is 0 Å². The molecule has 0 heterocycles. The van der Waals surface area contributed by atoms with Crippen LogP contribution in [0.15, 0.2) is 36.4 Å². The molecule has 0 saturated carbocycles. The summed E-state index contributed by atoms with van der Waals surface area (Å²) in [5.41, 5.74) is 2.95. The van der Waals surface area contributed by atoms with Gasteiger partial charge >= 0.3 is 0 Å². The lowest BCUT2D eigenvalue weighted by atomic mass is 10.1. The molecule has 0 fully saturated rings. The standard InChI is InChI=1S/C16H16ClN3O3/c1-10-7-12(17)3-5-14(10)18-9-16(21)19-15-6-4-13(20(22)23)8-11(15)2/h3-8,18H,9H2,1-2H3,(H,19,21). The number of nitro groups is 1. The average Bonchev–Trinajstić information content (AvgIpc) is 2.48. The molecule has 6 nitrogen and oxygen atoms in total. The van der Waals surface area contributed by atoms with E-state index in [2.05, 4.69) is 10.6 Å². The molecule has 0 aliphatic rings. The lowest BCUT2D eigenvalue weighted by molar-refractivity contribution is -0.384. The maximum absolute atomic E-state index is 12.0. The fourth-order valence-electron chi connectivity index (χ4n) is 2.10. The van der Waals surface area contributed by atoms with E-state index in [0.29, 0.717) is 16.3 Å². The van der Waals surface area contributed by atoms with Gasteiger partial charge in [-0.2, -0.15) is 0 Å². The first-order chi connectivity index (χ1) is 10.9. The number of carbonyl (C=O) groups excluding carboxylic acids is 1. The van der Waals surface area contributed by atoms with Crippen molar-refractivity contribution in [2.45, 2.75) is 13.8 Å². The number of aryl methyl sites for hydroxylation is 2. The molecule has 0 atom stereocenters. The molecule has 23 heavy (non-hydrogen) atoms. The lowest BCUT2D eigenvalue weighted by Gasteiger charge is -2.11. The van der Waals surface area contributed by atoms with Crippen LogP contribution in [0.5, 0.6) is 0 Å². The molecule has 2 aromatic carbocycles. The molecule has 0 aromatic heterocycles. The monoisotopic (exact) mass is 333 g/mol. The van der Waals surface area contributed by atoms with E-state index in [9.17, 15) is 14.9 Å². The van der Waals surface area contributed by atoms with Crippen molar-refractivity contribution in [3.05, 3.63) is 62.7 Å². The van der Waals surface area contributed by atoms with Gasteiger partial charge in [-0.15, -0.1) is 0 Å². The SMILES string of the molecule is Cc1cc(Cl)ccc1NCC(=O)Nc1ccc([N+](=O)[O-])cc1C. The summed E-state index contributed by atoms with van der Waals surface area (Å²) in [6, 6.07) is 9.67. The Morgan fingerprint density at radius 3 is 2.39 bits per heavy atom. The number of halogens is 1. The van der Waals surface area contributed by atoms with Crippen molar-refractivity contribution >= 4 is 34.6 Å². The molecule has 120 valence electrons. The summed E-state index contributed by atoms with van der Waals surface area (Å²) in [7, 11) is 0. The number of anilines is 2. The third kappa shape index (κ3) is 4.43. The summed E-state index contributed by atoms with van der Waals surface area (Å²) in [6.45, 7) is 3.69. The highest BCUT2D eigenvalue weighted by Gasteiger charge is 2.10. The number of nitrogens with one attached hydrogen (secondary N) is 2. The Morgan fingerprint density at radius 1 is 1.13 bits per heavy atom. The van der Waals surface area contributed by atoms with Gasteiger partial charge in [0.25, 0.3) is 5.69 Å². The number of carbonyl (C=O) groups is 1. The second-order valence-corrected chi connectivity index (χ2v) is 5.55. The van der Waals surface area contributed by atoms with Gasteiger partial charge in [0.2, 0.25) is 5.91 Å². The fraction of sp³-hybridized carbons (Fsp3) is 0.188. The summed E-state index contributed by atoms with van der Waals surface area (Å²) in [5, 5.41) is 17.1. The minimum Gasteiger partial charge on any atom is -0.376 e. The quantitative estimate of drug-likeness (QED) is 0.641. The maximum atomic E-state index is 12.0. The number of hydrogen-bond acceptors (Lipinski definition) is 4. The number of non-ortho nitro benzene ring substituents is 1. The Balaban J connectivity index is 1.98. The second kappa shape index (κ2) is 7.11. The third-order valence-electron chi connectivity index (χ3n) is 3.32. The summed E-state index contributed by atoms with van der Waals surface area (Å²) >= 11 is 5.88. The Labute approximate surface area is 138 Å². The predicted octanol–water partition coefficient (Wildman–Crippen LogP) is 3.92. The molecule has 7 heteroatoms.